The molecule has 5 heteroatoms. The molecule has 0 aromatic rings. The van der Waals surface area contributed by atoms with Crippen LogP contribution in [-0.2, 0) is 19.1 Å². The highest BCUT2D eigenvalue weighted by Gasteiger charge is 2.61. The Hall–Kier alpha value is -1.49. The molecule has 0 radical (unpaired) electrons. The lowest BCUT2D eigenvalue weighted by Crippen LogP contribution is -2.54. The quantitative estimate of drug-likeness (QED) is 0.728. The molecule has 4 aliphatic carbocycles. The van der Waals surface area contributed by atoms with Gasteiger partial charge in [-0.1, -0.05) is 19.4 Å². The van der Waals surface area contributed by atoms with Gasteiger partial charge in [-0.2, -0.15) is 0 Å². The van der Waals surface area contributed by atoms with Gasteiger partial charge in [0.15, 0.2) is 11.6 Å². The van der Waals surface area contributed by atoms with Crippen molar-refractivity contribution in [1.82, 2.24) is 0 Å². The molecule has 7 atom stereocenters. The van der Waals surface area contributed by atoms with Crippen LogP contribution >= 0.6 is 0 Å². The number of aliphatic hydroxyl groups is 1. The standard InChI is InChI=1S/C24H34O5/c1-14(26)29-13-16-11-17(27)10-15-4-5-18-19-6-7-21(22(28)12-25)23(19,2)9-8-20(18)24(15,16)3/h10,16,18-21,25H,4-9,11-13H2,1-3H3/t16?,18-,19-,20-,21+,23-,24+/m0/s1. The van der Waals surface area contributed by atoms with E-state index in [0.717, 1.165) is 38.5 Å². The number of allylic oxidation sites excluding steroid dienone is 1. The summed E-state index contributed by atoms with van der Waals surface area (Å²) in [5.74, 6) is 1.36. The lowest BCUT2D eigenvalue weighted by atomic mass is 9.44. The van der Waals surface area contributed by atoms with Crippen molar-refractivity contribution >= 4 is 17.5 Å². The number of fused-ring (bicyclic) bond motifs is 5. The summed E-state index contributed by atoms with van der Waals surface area (Å²) < 4.78 is 5.40. The summed E-state index contributed by atoms with van der Waals surface area (Å²) in [7, 11) is 0. The molecule has 0 aromatic carbocycles. The predicted octanol–water partition coefficient (Wildman–Crippen LogP) is 3.49. The van der Waals surface area contributed by atoms with E-state index in [1.807, 2.05) is 6.08 Å². The van der Waals surface area contributed by atoms with Crippen LogP contribution < -0.4 is 0 Å². The van der Waals surface area contributed by atoms with Crippen molar-refractivity contribution < 1.29 is 24.2 Å². The van der Waals surface area contributed by atoms with Gasteiger partial charge < -0.3 is 9.84 Å². The Labute approximate surface area is 173 Å². The third-order valence-corrected chi connectivity index (χ3v) is 9.31. The summed E-state index contributed by atoms with van der Waals surface area (Å²) in [5, 5.41) is 9.46. The number of aliphatic hydroxyl groups excluding tert-OH is 1. The van der Waals surface area contributed by atoms with Crippen molar-refractivity contribution in [2.24, 2.45) is 40.4 Å². The highest BCUT2D eigenvalue weighted by atomic mass is 16.5. The minimum Gasteiger partial charge on any atom is -0.466 e. The Kier molecular flexibility index (Phi) is 5.25. The van der Waals surface area contributed by atoms with Crippen LogP contribution in [0.2, 0.25) is 0 Å². The maximum atomic E-state index is 12.4. The lowest BCUT2D eigenvalue weighted by Gasteiger charge is -2.60. The Bertz CT molecular complexity index is 754. The molecule has 0 spiro atoms. The Morgan fingerprint density at radius 1 is 1.17 bits per heavy atom. The number of carbonyl (C=O) groups is 3. The number of ketones is 2. The summed E-state index contributed by atoms with van der Waals surface area (Å²) in [4.78, 5) is 36.3. The average Bonchev–Trinajstić information content (AvgIpc) is 3.03. The van der Waals surface area contributed by atoms with Crippen LogP contribution in [-0.4, -0.2) is 35.9 Å². The van der Waals surface area contributed by atoms with Crippen LogP contribution in [0.1, 0.15) is 65.7 Å². The van der Waals surface area contributed by atoms with Crippen molar-refractivity contribution in [3.8, 4) is 0 Å². The maximum absolute atomic E-state index is 12.4. The molecule has 1 N–H and O–H groups in total. The van der Waals surface area contributed by atoms with Gasteiger partial charge in [0.1, 0.15) is 6.61 Å². The molecule has 0 heterocycles. The van der Waals surface area contributed by atoms with E-state index in [4.69, 9.17) is 4.74 Å². The molecule has 1 unspecified atom stereocenters. The Morgan fingerprint density at radius 3 is 2.62 bits per heavy atom. The fourth-order valence-corrected chi connectivity index (χ4v) is 7.85. The third-order valence-electron chi connectivity index (χ3n) is 9.31. The minimum absolute atomic E-state index is 0.00653. The normalized spacial score (nSPS) is 43.7. The van der Waals surface area contributed by atoms with E-state index in [9.17, 15) is 19.5 Å². The summed E-state index contributed by atoms with van der Waals surface area (Å²) in [5.41, 5.74) is 1.11. The van der Waals surface area contributed by atoms with Gasteiger partial charge in [0, 0.05) is 25.2 Å². The van der Waals surface area contributed by atoms with Crippen LogP contribution in [0.5, 0.6) is 0 Å². The van der Waals surface area contributed by atoms with Gasteiger partial charge in [-0.15, -0.1) is 0 Å². The number of hydrogen-bond acceptors (Lipinski definition) is 5. The molecule has 0 saturated heterocycles. The van der Waals surface area contributed by atoms with Crippen LogP contribution in [0.3, 0.4) is 0 Å². The van der Waals surface area contributed by atoms with Crippen molar-refractivity contribution in [3.05, 3.63) is 11.6 Å². The topological polar surface area (TPSA) is 80.7 Å². The molecule has 3 saturated carbocycles. The first-order chi connectivity index (χ1) is 13.7. The van der Waals surface area contributed by atoms with Crippen LogP contribution in [0.25, 0.3) is 0 Å². The number of hydrogen-bond donors (Lipinski definition) is 1. The number of rotatable bonds is 4. The van der Waals surface area contributed by atoms with E-state index < -0.39 is 0 Å². The largest absolute Gasteiger partial charge is 0.466 e. The van der Waals surface area contributed by atoms with Gasteiger partial charge in [0.2, 0.25) is 0 Å². The second-order valence-corrected chi connectivity index (χ2v) is 10.3. The summed E-state index contributed by atoms with van der Waals surface area (Å²) >= 11 is 0. The lowest BCUT2D eigenvalue weighted by molar-refractivity contribution is -0.148. The van der Waals surface area contributed by atoms with Crippen molar-refractivity contribution in [1.29, 1.82) is 0 Å². The fraction of sp³-hybridized carbons (Fsp3) is 0.792. The Balaban J connectivity index is 1.65. The van der Waals surface area contributed by atoms with E-state index in [1.54, 1.807) is 0 Å². The number of ether oxygens (including phenoxy) is 1. The zero-order valence-electron chi connectivity index (χ0n) is 17.9. The zero-order chi connectivity index (χ0) is 21.0. The van der Waals surface area contributed by atoms with Crippen LogP contribution in [0, 0.1) is 40.4 Å². The van der Waals surface area contributed by atoms with Gasteiger partial charge in [0.25, 0.3) is 0 Å². The van der Waals surface area contributed by atoms with Gasteiger partial charge in [-0.3, -0.25) is 14.4 Å². The maximum Gasteiger partial charge on any atom is 0.302 e. The van der Waals surface area contributed by atoms with E-state index in [-0.39, 0.29) is 46.8 Å². The second-order valence-electron chi connectivity index (χ2n) is 10.3. The SMILES string of the molecule is CC(=O)OCC1CC(=O)C=C2CC[C@H]3[C@@H]4CC[C@H](C(=O)CO)[C@@]4(C)CC[C@@H]3[C@]21C. The molecule has 0 aliphatic heterocycles. The van der Waals surface area contributed by atoms with E-state index in [0.29, 0.717) is 30.8 Å². The van der Waals surface area contributed by atoms with Gasteiger partial charge in [0.05, 0.1) is 6.61 Å². The molecule has 0 bridgehead atoms. The summed E-state index contributed by atoms with van der Waals surface area (Å²) in [6.45, 7) is 5.96. The van der Waals surface area contributed by atoms with Gasteiger partial charge in [-0.25, -0.2) is 0 Å². The third kappa shape index (κ3) is 3.11. The smallest absolute Gasteiger partial charge is 0.302 e. The van der Waals surface area contributed by atoms with E-state index >= 15 is 0 Å². The molecule has 5 nitrogen and oxygen atoms in total. The molecular formula is C24H34O5. The number of carbonyl (C=O) groups excluding carboxylic acids is 3. The molecule has 4 aliphatic rings. The van der Waals surface area contributed by atoms with E-state index in [2.05, 4.69) is 13.8 Å². The first kappa shape index (κ1) is 20.8. The van der Waals surface area contributed by atoms with Crippen LogP contribution in [0.4, 0.5) is 0 Å². The monoisotopic (exact) mass is 402 g/mol. The van der Waals surface area contributed by atoms with Gasteiger partial charge in [-0.05, 0) is 73.2 Å². The molecule has 0 aromatic heterocycles. The number of Topliss-reactive ketones (excluding diaryl/α,β-unsaturated/α-hetero) is 1. The summed E-state index contributed by atoms with van der Waals surface area (Å²) in [6.07, 6.45) is 8.28. The highest BCUT2D eigenvalue weighted by molar-refractivity contribution is 5.92. The Morgan fingerprint density at radius 2 is 1.93 bits per heavy atom. The minimum atomic E-state index is -0.349. The number of esters is 1. The van der Waals surface area contributed by atoms with Crippen LogP contribution in [0.15, 0.2) is 11.6 Å². The van der Waals surface area contributed by atoms with Crippen molar-refractivity contribution in [2.75, 3.05) is 13.2 Å². The molecule has 3 fully saturated rings. The van der Waals surface area contributed by atoms with Gasteiger partial charge >= 0.3 is 5.97 Å². The summed E-state index contributed by atoms with van der Waals surface area (Å²) in [6, 6.07) is 0. The molecule has 0 amide bonds. The first-order valence-electron chi connectivity index (χ1n) is 11.2. The predicted molar refractivity (Wildman–Crippen MR) is 108 cm³/mol. The zero-order valence-corrected chi connectivity index (χ0v) is 17.9. The molecule has 29 heavy (non-hydrogen) atoms. The van der Waals surface area contributed by atoms with E-state index in [1.165, 1.54) is 12.5 Å². The second kappa shape index (κ2) is 7.33. The van der Waals surface area contributed by atoms with Crippen molar-refractivity contribution in [3.63, 3.8) is 0 Å². The molecule has 4 rings (SSSR count). The first-order valence-corrected chi connectivity index (χ1v) is 11.2. The molecular weight excluding hydrogens is 368 g/mol. The average molecular weight is 403 g/mol. The fourth-order valence-electron chi connectivity index (χ4n) is 7.85. The highest BCUT2D eigenvalue weighted by Crippen LogP contribution is 2.67. The van der Waals surface area contributed by atoms with Crippen molar-refractivity contribution in [2.45, 2.75) is 65.7 Å². The molecule has 160 valence electrons.